The van der Waals surface area contributed by atoms with Gasteiger partial charge in [0.2, 0.25) is 0 Å². The van der Waals surface area contributed by atoms with E-state index in [0.29, 0.717) is 13.0 Å². The van der Waals surface area contributed by atoms with Crippen molar-refractivity contribution in [2.24, 2.45) is 5.73 Å². The summed E-state index contributed by atoms with van der Waals surface area (Å²) in [5, 5.41) is 0. The Hall–Kier alpha value is -1.80. The van der Waals surface area contributed by atoms with Gasteiger partial charge in [0.05, 0.1) is 19.8 Å². The summed E-state index contributed by atoms with van der Waals surface area (Å²) < 4.78 is 33.5. The Bertz CT molecular complexity index is 1060. The van der Waals surface area contributed by atoms with Crippen molar-refractivity contribution in [3.63, 3.8) is 0 Å². The van der Waals surface area contributed by atoms with Crippen LogP contribution in [0.3, 0.4) is 0 Å². The van der Waals surface area contributed by atoms with Crippen LogP contribution in [0.1, 0.15) is 200 Å². The topological polar surface area (TPSA) is 117 Å². The maximum atomic E-state index is 12.6. The lowest BCUT2D eigenvalue weighted by Gasteiger charge is -2.20. The lowest BCUT2D eigenvalue weighted by molar-refractivity contribution is -0.154. The third kappa shape index (κ3) is 45.1. The lowest BCUT2D eigenvalue weighted by Crippen LogP contribution is -2.28. The predicted molar refractivity (Wildman–Crippen MR) is 242 cm³/mol. The standard InChI is InChI=1S/C48H88NO7P/c1-3-5-7-9-11-13-15-17-19-20-21-22-23-24-25-26-27-28-30-32-34-36-38-40-43-53-45-47(46-55-57(51,52)54-44-42-49)56-48(50)41-39-37-35-33-31-29-18-16-14-12-10-8-6-4-2/h10,12,15-18,20-21,23-24,47H,3-9,11,13-14,19,22,25-46,49H2,1-2H3,(H,51,52)/b12-10-,17-15-,18-16-,21-20-,24-23-. The minimum atomic E-state index is -4.29. The summed E-state index contributed by atoms with van der Waals surface area (Å²) in [4.78, 5) is 22.5. The van der Waals surface area contributed by atoms with Crippen LogP contribution >= 0.6 is 7.82 Å². The van der Waals surface area contributed by atoms with Crippen molar-refractivity contribution in [2.75, 3.05) is 33.0 Å². The van der Waals surface area contributed by atoms with E-state index in [1.54, 1.807) is 0 Å². The number of hydrogen-bond acceptors (Lipinski definition) is 7. The van der Waals surface area contributed by atoms with Crippen LogP contribution in [0.2, 0.25) is 0 Å². The van der Waals surface area contributed by atoms with Crippen molar-refractivity contribution in [1.29, 1.82) is 0 Å². The fourth-order valence-corrected chi connectivity index (χ4v) is 6.96. The zero-order valence-corrected chi connectivity index (χ0v) is 37.7. The fraction of sp³-hybridized carbons (Fsp3) is 0.771. The van der Waals surface area contributed by atoms with Crippen molar-refractivity contribution in [2.45, 2.75) is 206 Å². The fourth-order valence-electron chi connectivity index (χ4n) is 6.20. The number of carbonyl (C=O) groups excluding carboxylic acids is 1. The molecule has 332 valence electrons. The first-order valence-electron chi connectivity index (χ1n) is 23.3. The molecule has 0 fully saturated rings. The smallest absolute Gasteiger partial charge is 0.457 e. The van der Waals surface area contributed by atoms with E-state index in [1.165, 1.54) is 109 Å². The molecule has 9 heteroatoms. The number of unbranched alkanes of at least 4 members (excludes halogenated alkanes) is 21. The molecule has 3 N–H and O–H groups in total. The summed E-state index contributed by atoms with van der Waals surface area (Å²) in [6, 6.07) is 0. The average molecular weight is 822 g/mol. The Morgan fingerprint density at radius 1 is 0.526 bits per heavy atom. The van der Waals surface area contributed by atoms with Crippen molar-refractivity contribution >= 4 is 13.8 Å². The largest absolute Gasteiger partial charge is 0.472 e. The molecule has 0 aliphatic carbocycles. The van der Waals surface area contributed by atoms with Gasteiger partial charge in [0.15, 0.2) is 0 Å². The molecule has 0 bridgehead atoms. The molecule has 0 aromatic heterocycles. The molecule has 0 saturated heterocycles. The summed E-state index contributed by atoms with van der Waals surface area (Å²) in [6.45, 7) is 4.84. The van der Waals surface area contributed by atoms with Gasteiger partial charge in [-0.05, 0) is 77.0 Å². The van der Waals surface area contributed by atoms with E-state index in [0.717, 1.165) is 70.6 Å². The van der Waals surface area contributed by atoms with E-state index in [2.05, 4.69) is 74.6 Å². The minimum Gasteiger partial charge on any atom is -0.457 e. The van der Waals surface area contributed by atoms with Crippen LogP contribution in [0, 0.1) is 0 Å². The average Bonchev–Trinajstić information content (AvgIpc) is 3.20. The second-order valence-electron chi connectivity index (χ2n) is 15.3. The van der Waals surface area contributed by atoms with Crippen molar-refractivity contribution in [3.8, 4) is 0 Å². The van der Waals surface area contributed by atoms with Crippen molar-refractivity contribution in [3.05, 3.63) is 60.8 Å². The molecule has 0 aliphatic heterocycles. The normalized spacial score (nSPS) is 14.0. The Balaban J connectivity index is 3.99. The highest BCUT2D eigenvalue weighted by Crippen LogP contribution is 2.43. The van der Waals surface area contributed by atoms with Gasteiger partial charge in [-0.1, -0.05) is 177 Å². The Kier molecular flexibility index (Phi) is 43.9. The number of rotatable bonds is 44. The Morgan fingerprint density at radius 3 is 1.44 bits per heavy atom. The molecule has 0 rings (SSSR count). The summed E-state index contributed by atoms with van der Waals surface area (Å²) in [5.41, 5.74) is 5.37. The van der Waals surface area contributed by atoms with Crippen LogP contribution in [0.15, 0.2) is 60.8 Å². The second-order valence-corrected chi connectivity index (χ2v) is 16.7. The maximum Gasteiger partial charge on any atom is 0.472 e. The molecule has 57 heavy (non-hydrogen) atoms. The van der Waals surface area contributed by atoms with E-state index < -0.39 is 13.9 Å². The number of allylic oxidation sites excluding steroid dienone is 10. The van der Waals surface area contributed by atoms with E-state index >= 15 is 0 Å². The number of carbonyl (C=O) groups is 1. The van der Waals surface area contributed by atoms with Crippen LogP contribution in [0.4, 0.5) is 0 Å². The van der Waals surface area contributed by atoms with Crippen LogP contribution in [-0.2, 0) is 27.9 Å². The number of nitrogens with two attached hydrogens (primary N) is 1. The summed E-state index contributed by atoms with van der Waals surface area (Å²) in [7, 11) is -4.29. The Labute approximate surface area is 351 Å². The Morgan fingerprint density at radius 2 is 0.947 bits per heavy atom. The molecule has 0 heterocycles. The molecular formula is C48H88NO7P. The maximum absolute atomic E-state index is 12.6. The van der Waals surface area contributed by atoms with E-state index in [1.807, 2.05) is 0 Å². The molecule has 0 amide bonds. The molecule has 0 spiro atoms. The molecular weight excluding hydrogens is 734 g/mol. The third-order valence-electron chi connectivity index (χ3n) is 9.66. The lowest BCUT2D eigenvalue weighted by atomic mass is 10.1. The zero-order valence-electron chi connectivity index (χ0n) is 36.8. The third-order valence-corrected chi connectivity index (χ3v) is 10.6. The van der Waals surface area contributed by atoms with Gasteiger partial charge < -0.3 is 20.1 Å². The molecule has 0 radical (unpaired) electrons. The van der Waals surface area contributed by atoms with Gasteiger partial charge in [-0.3, -0.25) is 13.8 Å². The van der Waals surface area contributed by atoms with E-state index in [-0.39, 0.29) is 32.3 Å². The van der Waals surface area contributed by atoms with Gasteiger partial charge in [-0.25, -0.2) is 4.57 Å². The molecule has 2 atom stereocenters. The van der Waals surface area contributed by atoms with E-state index in [9.17, 15) is 14.3 Å². The molecule has 0 aromatic carbocycles. The highest BCUT2D eigenvalue weighted by atomic mass is 31.2. The number of esters is 1. The summed E-state index contributed by atoms with van der Waals surface area (Å²) >= 11 is 0. The molecule has 2 unspecified atom stereocenters. The molecule has 0 aliphatic rings. The van der Waals surface area contributed by atoms with Crippen molar-refractivity contribution in [1.82, 2.24) is 0 Å². The molecule has 0 aromatic rings. The first-order chi connectivity index (χ1) is 27.9. The minimum absolute atomic E-state index is 0.0946. The molecule has 8 nitrogen and oxygen atoms in total. The van der Waals surface area contributed by atoms with Gasteiger partial charge in [0, 0.05) is 19.6 Å². The van der Waals surface area contributed by atoms with Crippen LogP contribution in [-0.4, -0.2) is 49.9 Å². The second kappa shape index (κ2) is 45.3. The van der Waals surface area contributed by atoms with Crippen LogP contribution in [0.25, 0.3) is 0 Å². The SMILES string of the molecule is CCCC/C=C\C/C=C\CCCCCCCC(=O)OC(COCCCCCCCCCCC/C=C\C/C=C\C/C=C\CCCCCCC)COP(=O)(O)OCCN. The summed E-state index contributed by atoms with van der Waals surface area (Å²) in [6.07, 6.45) is 55.3. The first-order valence-corrected chi connectivity index (χ1v) is 24.8. The number of ether oxygens (including phenoxy) is 2. The van der Waals surface area contributed by atoms with E-state index in [4.69, 9.17) is 24.3 Å². The number of hydrogen-bond donors (Lipinski definition) is 2. The molecule has 0 saturated carbocycles. The number of phosphoric ester groups is 1. The first kappa shape index (κ1) is 55.2. The summed E-state index contributed by atoms with van der Waals surface area (Å²) in [5.74, 6) is -0.348. The quantitative estimate of drug-likeness (QED) is 0.0270. The van der Waals surface area contributed by atoms with Crippen LogP contribution < -0.4 is 5.73 Å². The predicted octanol–water partition coefficient (Wildman–Crippen LogP) is 14.1. The van der Waals surface area contributed by atoms with Gasteiger partial charge >= 0.3 is 13.8 Å². The monoisotopic (exact) mass is 822 g/mol. The highest BCUT2D eigenvalue weighted by molar-refractivity contribution is 7.47. The number of phosphoric acid groups is 1. The van der Waals surface area contributed by atoms with Crippen molar-refractivity contribution < 1.29 is 32.8 Å². The van der Waals surface area contributed by atoms with Crippen LogP contribution in [0.5, 0.6) is 0 Å². The zero-order chi connectivity index (χ0) is 41.6. The van der Waals surface area contributed by atoms with Gasteiger partial charge in [0.25, 0.3) is 0 Å². The van der Waals surface area contributed by atoms with Gasteiger partial charge in [-0.15, -0.1) is 0 Å². The van der Waals surface area contributed by atoms with Gasteiger partial charge in [0.1, 0.15) is 6.10 Å². The highest BCUT2D eigenvalue weighted by Gasteiger charge is 2.25. The van der Waals surface area contributed by atoms with Gasteiger partial charge in [-0.2, -0.15) is 0 Å².